The van der Waals surface area contributed by atoms with Gasteiger partial charge in [0.15, 0.2) is 5.78 Å². The van der Waals surface area contributed by atoms with Crippen molar-refractivity contribution in [3.8, 4) is 0 Å². The number of halogens is 2. The fraction of sp³-hybridized carbons (Fsp3) is 0. The maximum absolute atomic E-state index is 12.6. The minimum absolute atomic E-state index is 0.0768. The molecule has 0 amide bonds. The Balaban J connectivity index is 1.97. The third-order valence-corrected chi connectivity index (χ3v) is 4.36. The number of hydrogen-bond donors (Lipinski definition) is 1. The minimum Gasteiger partial charge on any atom is -0.355 e. The van der Waals surface area contributed by atoms with Crippen LogP contribution in [0.15, 0.2) is 84.9 Å². The quantitative estimate of drug-likeness (QED) is 0.421. The van der Waals surface area contributed by atoms with Gasteiger partial charge in [-0.05, 0) is 23.8 Å². The summed E-state index contributed by atoms with van der Waals surface area (Å²) in [6, 6.07) is 24.1. The van der Waals surface area contributed by atoms with Crippen molar-refractivity contribution >= 4 is 40.4 Å². The number of anilines is 1. The number of carbonyl (C=O) groups excluding carboxylic acids is 1. The highest BCUT2D eigenvalue weighted by atomic mass is 35.5. The molecule has 2 nitrogen and oxygen atoms in total. The number of allylic oxidation sites excluding steroid dienone is 1. The van der Waals surface area contributed by atoms with Crippen LogP contribution in [0.5, 0.6) is 0 Å². The summed E-state index contributed by atoms with van der Waals surface area (Å²) in [6.07, 6.45) is 1.59. The summed E-state index contributed by atoms with van der Waals surface area (Å²) in [6.45, 7) is 0. The van der Waals surface area contributed by atoms with Crippen LogP contribution in [0, 0.1) is 0 Å². The first-order valence-corrected chi connectivity index (χ1v) is 8.47. The molecule has 0 atom stereocenters. The van der Waals surface area contributed by atoms with Crippen LogP contribution in [0.2, 0.25) is 10.0 Å². The number of benzene rings is 3. The first-order chi connectivity index (χ1) is 12.1. The molecule has 0 radical (unpaired) electrons. The maximum atomic E-state index is 12.6. The van der Waals surface area contributed by atoms with Crippen LogP contribution in [-0.2, 0) is 0 Å². The lowest BCUT2D eigenvalue weighted by atomic mass is 10.1. The molecule has 4 heteroatoms. The van der Waals surface area contributed by atoms with Crippen molar-refractivity contribution in [2.24, 2.45) is 0 Å². The second kappa shape index (κ2) is 8.02. The minimum atomic E-state index is -0.0768. The summed E-state index contributed by atoms with van der Waals surface area (Å²) >= 11 is 12.1. The van der Waals surface area contributed by atoms with Crippen molar-refractivity contribution in [3.63, 3.8) is 0 Å². The Bertz CT molecular complexity index is 906. The Morgan fingerprint density at radius 1 is 0.760 bits per heavy atom. The summed E-state index contributed by atoms with van der Waals surface area (Å²) < 4.78 is 0. The van der Waals surface area contributed by atoms with Crippen molar-refractivity contribution in [1.82, 2.24) is 0 Å². The second-order valence-electron chi connectivity index (χ2n) is 5.41. The van der Waals surface area contributed by atoms with Gasteiger partial charge in [-0.3, -0.25) is 4.79 Å². The van der Waals surface area contributed by atoms with Gasteiger partial charge in [-0.1, -0.05) is 83.9 Å². The Hall–Kier alpha value is -2.55. The van der Waals surface area contributed by atoms with Crippen LogP contribution in [0.3, 0.4) is 0 Å². The third-order valence-electron chi connectivity index (χ3n) is 3.62. The summed E-state index contributed by atoms with van der Waals surface area (Å²) in [5.41, 5.74) is 2.97. The molecule has 0 saturated heterocycles. The van der Waals surface area contributed by atoms with E-state index in [1.165, 1.54) is 0 Å². The molecular formula is C21H15Cl2NO. The Morgan fingerprint density at radius 3 is 1.96 bits per heavy atom. The highest BCUT2D eigenvalue weighted by Gasteiger charge is 2.08. The number of nitrogens with one attached hydrogen (secondary N) is 1. The van der Waals surface area contributed by atoms with E-state index in [2.05, 4.69) is 5.32 Å². The van der Waals surface area contributed by atoms with Crippen LogP contribution >= 0.6 is 23.2 Å². The second-order valence-corrected chi connectivity index (χ2v) is 6.22. The normalized spacial score (nSPS) is 11.2. The van der Waals surface area contributed by atoms with Gasteiger partial charge in [-0.25, -0.2) is 0 Å². The molecule has 0 saturated carbocycles. The molecule has 0 aliphatic heterocycles. The van der Waals surface area contributed by atoms with Crippen LogP contribution in [0.4, 0.5) is 5.69 Å². The molecular weight excluding hydrogens is 353 g/mol. The zero-order chi connectivity index (χ0) is 17.6. The monoisotopic (exact) mass is 367 g/mol. The van der Waals surface area contributed by atoms with E-state index in [-0.39, 0.29) is 5.78 Å². The molecule has 3 aromatic rings. The predicted molar refractivity (Wildman–Crippen MR) is 105 cm³/mol. The van der Waals surface area contributed by atoms with Crippen molar-refractivity contribution in [2.45, 2.75) is 0 Å². The van der Waals surface area contributed by atoms with E-state index in [0.29, 0.717) is 21.3 Å². The summed E-state index contributed by atoms with van der Waals surface area (Å²) in [7, 11) is 0. The van der Waals surface area contributed by atoms with Gasteiger partial charge in [0.2, 0.25) is 0 Å². The number of hydrogen-bond acceptors (Lipinski definition) is 2. The Morgan fingerprint density at radius 2 is 1.36 bits per heavy atom. The van der Waals surface area contributed by atoms with Gasteiger partial charge in [-0.15, -0.1) is 0 Å². The molecule has 3 aromatic carbocycles. The van der Waals surface area contributed by atoms with E-state index in [4.69, 9.17) is 23.2 Å². The third kappa shape index (κ3) is 4.50. The summed E-state index contributed by atoms with van der Waals surface area (Å²) in [4.78, 5) is 12.6. The van der Waals surface area contributed by atoms with Gasteiger partial charge < -0.3 is 5.32 Å². The van der Waals surface area contributed by atoms with E-state index in [0.717, 1.165) is 11.3 Å². The van der Waals surface area contributed by atoms with Crippen molar-refractivity contribution in [2.75, 3.05) is 5.32 Å². The molecule has 0 aliphatic rings. The van der Waals surface area contributed by atoms with E-state index in [1.807, 2.05) is 54.6 Å². The van der Waals surface area contributed by atoms with Crippen LogP contribution in [0.1, 0.15) is 15.9 Å². The zero-order valence-electron chi connectivity index (χ0n) is 13.2. The fourth-order valence-electron chi connectivity index (χ4n) is 2.36. The lowest BCUT2D eigenvalue weighted by Gasteiger charge is -2.12. The van der Waals surface area contributed by atoms with Crippen molar-refractivity contribution < 1.29 is 4.79 Å². The van der Waals surface area contributed by atoms with Crippen molar-refractivity contribution in [3.05, 3.63) is 106 Å². The number of carbonyl (C=O) groups is 1. The molecule has 25 heavy (non-hydrogen) atoms. The molecule has 3 rings (SSSR count). The highest BCUT2D eigenvalue weighted by molar-refractivity contribution is 6.42. The Kier molecular flexibility index (Phi) is 5.54. The first-order valence-electron chi connectivity index (χ1n) is 7.72. The standard InChI is InChI=1S/C21H15Cl2NO/c22-18-12-11-17(13-19(18)23)24-20(15-7-3-1-4-8-15)14-21(25)16-9-5-2-6-10-16/h1-14,24H/b20-14-. The van der Waals surface area contributed by atoms with E-state index in [1.54, 1.807) is 30.3 Å². The molecule has 0 heterocycles. The smallest absolute Gasteiger partial charge is 0.187 e. The SMILES string of the molecule is O=C(/C=C(\Nc1ccc(Cl)c(Cl)c1)c1ccccc1)c1ccccc1. The van der Waals surface area contributed by atoms with Gasteiger partial charge in [0, 0.05) is 23.0 Å². The van der Waals surface area contributed by atoms with Gasteiger partial charge in [-0.2, -0.15) is 0 Å². The Labute approximate surface area is 156 Å². The van der Waals surface area contributed by atoms with Crippen molar-refractivity contribution in [1.29, 1.82) is 0 Å². The molecule has 0 unspecified atom stereocenters. The van der Waals surface area contributed by atoms with E-state index >= 15 is 0 Å². The average molecular weight is 368 g/mol. The molecule has 124 valence electrons. The van der Waals surface area contributed by atoms with Gasteiger partial charge >= 0.3 is 0 Å². The summed E-state index contributed by atoms with van der Waals surface area (Å²) in [5, 5.41) is 4.20. The lowest BCUT2D eigenvalue weighted by molar-refractivity contribution is 0.104. The van der Waals surface area contributed by atoms with Crippen LogP contribution in [-0.4, -0.2) is 5.78 Å². The van der Waals surface area contributed by atoms with Gasteiger partial charge in [0.05, 0.1) is 10.0 Å². The van der Waals surface area contributed by atoms with Gasteiger partial charge in [0.1, 0.15) is 0 Å². The first kappa shape index (κ1) is 17.3. The molecule has 0 spiro atoms. The van der Waals surface area contributed by atoms with E-state index in [9.17, 15) is 4.79 Å². The zero-order valence-corrected chi connectivity index (χ0v) is 14.8. The van der Waals surface area contributed by atoms with Crippen LogP contribution in [0.25, 0.3) is 5.70 Å². The molecule has 1 N–H and O–H groups in total. The number of rotatable bonds is 5. The topological polar surface area (TPSA) is 29.1 Å². The highest BCUT2D eigenvalue weighted by Crippen LogP contribution is 2.27. The maximum Gasteiger partial charge on any atom is 0.187 e. The average Bonchev–Trinajstić information content (AvgIpc) is 2.65. The van der Waals surface area contributed by atoms with Gasteiger partial charge in [0.25, 0.3) is 0 Å². The number of ketones is 1. The molecule has 0 bridgehead atoms. The predicted octanol–water partition coefficient (Wildman–Crippen LogP) is 6.33. The molecule has 0 aromatic heterocycles. The van der Waals surface area contributed by atoms with Crippen LogP contribution < -0.4 is 5.32 Å². The largest absolute Gasteiger partial charge is 0.355 e. The molecule has 0 aliphatic carbocycles. The summed E-state index contributed by atoms with van der Waals surface area (Å²) in [5.74, 6) is -0.0768. The van der Waals surface area contributed by atoms with E-state index < -0.39 is 0 Å². The lowest BCUT2D eigenvalue weighted by Crippen LogP contribution is -2.03. The fourth-order valence-corrected chi connectivity index (χ4v) is 2.65. The molecule has 0 fully saturated rings.